The maximum atomic E-state index is 2.79. The van der Waals surface area contributed by atoms with Crippen molar-refractivity contribution in [1.82, 2.24) is 0 Å². The molecular formula is C22H30. The van der Waals surface area contributed by atoms with Gasteiger partial charge in [-0.1, -0.05) is 6.92 Å². The van der Waals surface area contributed by atoms with Crippen LogP contribution in [0.2, 0.25) is 0 Å². The lowest BCUT2D eigenvalue weighted by Gasteiger charge is -2.84. The molecule has 0 aromatic heterocycles. The van der Waals surface area contributed by atoms with Crippen LogP contribution in [0.25, 0.3) is 0 Å². The Kier molecular flexibility index (Phi) is 1.51. The Hall–Kier alpha value is 0. The third-order valence-corrected chi connectivity index (χ3v) is 12.4. The SMILES string of the molecule is CC12CCC3CC4C(CC1C3)C1C4C3C45CCC13C4CC2C5. The molecule has 12 atom stereocenters. The molecule has 0 heterocycles. The normalized spacial score (nSPS) is 80.3. The Morgan fingerprint density at radius 1 is 0.864 bits per heavy atom. The fourth-order valence-corrected chi connectivity index (χ4v) is 12.1. The van der Waals surface area contributed by atoms with Crippen molar-refractivity contribution in [2.45, 2.75) is 64.7 Å². The molecule has 9 aliphatic rings. The van der Waals surface area contributed by atoms with Gasteiger partial charge in [-0.25, -0.2) is 0 Å². The van der Waals surface area contributed by atoms with E-state index in [0.29, 0.717) is 0 Å². The molecule has 7 bridgehead atoms. The first-order valence-corrected chi connectivity index (χ1v) is 10.7. The summed E-state index contributed by atoms with van der Waals surface area (Å²) in [7, 11) is 0. The molecule has 0 radical (unpaired) electrons. The van der Waals surface area contributed by atoms with Crippen molar-refractivity contribution in [2.75, 3.05) is 0 Å². The zero-order chi connectivity index (χ0) is 14.1. The molecule has 0 saturated heterocycles. The van der Waals surface area contributed by atoms with E-state index in [-0.39, 0.29) is 0 Å². The molecule has 0 aromatic rings. The van der Waals surface area contributed by atoms with Gasteiger partial charge < -0.3 is 0 Å². The fraction of sp³-hybridized carbons (Fsp3) is 1.00. The fourth-order valence-electron chi connectivity index (χ4n) is 12.1. The van der Waals surface area contributed by atoms with Crippen molar-refractivity contribution in [1.29, 1.82) is 0 Å². The van der Waals surface area contributed by atoms with Gasteiger partial charge in [0.2, 0.25) is 0 Å². The van der Waals surface area contributed by atoms with E-state index < -0.39 is 0 Å². The minimum Gasteiger partial charge on any atom is -0.0591 e. The zero-order valence-electron chi connectivity index (χ0n) is 14.1. The highest BCUT2D eigenvalue weighted by Gasteiger charge is 2.92. The van der Waals surface area contributed by atoms with E-state index in [1.807, 2.05) is 0 Å². The quantitative estimate of drug-likeness (QED) is 0.581. The first-order valence-electron chi connectivity index (χ1n) is 10.7. The maximum Gasteiger partial charge on any atom is -0.0193 e. The first-order chi connectivity index (χ1) is 10.7. The molecule has 9 aliphatic carbocycles. The first kappa shape index (κ1) is 11.5. The summed E-state index contributed by atoms with van der Waals surface area (Å²) in [6.07, 6.45) is 15.0. The van der Waals surface area contributed by atoms with Crippen LogP contribution >= 0.6 is 0 Å². The predicted molar refractivity (Wildman–Crippen MR) is 85.9 cm³/mol. The Bertz CT molecular complexity index is 622. The highest BCUT2D eigenvalue weighted by Crippen LogP contribution is 2.97. The summed E-state index contributed by atoms with van der Waals surface area (Å²) < 4.78 is 0. The van der Waals surface area contributed by atoms with E-state index in [1.54, 1.807) is 57.8 Å². The van der Waals surface area contributed by atoms with Gasteiger partial charge in [0.25, 0.3) is 0 Å². The van der Waals surface area contributed by atoms with Crippen LogP contribution in [-0.4, -0.2) is 0 Å². The second-order valence-corrected chi connectivity index (χ2v) is 11.8. The van der Waals surface area contributed by atoms with Gasteiger partial charge in [0.15, 0.2) is 0 Å². The predicted octanol–water partition coefficient (Wildman–Crippen LogP) is 5.13. The van der Waals surface area contributed by atoms with Gasteiger partial charge >= 0.3 is 0 Å². The molecule has 0 aromatic carbocycles. The van der Waals surface area contributed by atoms with Crippen molar-refractivity contribution >= 4 is 0 Å². The van der Waals surface area contributed by atoms with E-state index in [4.69, 9.17) is 0 Å². The Labute approximate surface area is 134 Å². The molecule has 22 heavy (non-hydrogen) atoms. The van der Waals surface area contributed by atoms with E-state index in [9.17, 15) is 0 Å². The molecular weight excluding hydrogens is 264 g/mol. The molecule has 118 valence electrons. The summed E-state index contributed by atoms with van der Waals surface area (Å²) in [5.74, 6) is 10.8. The van der Waals surface area contributed by atoms with E-state index in [0.717, 1.165) is 34.0 Å². The average Bonchev–Trinajstić information content (AvgIpc) is 3.03. The van der Waals surface area contributed by atoms with Gasteiger partial charge in [-0.15, -0.1) is 0 Å². The molecule has 9 saturated carbocycles. The van der Waals surface area contributed by atoms with Crippen LogP contribution < -0.4 is 0 Å². The zero-order valence-corrected chi connectivity index (χ0v) is 14.1. The van der Waals surface area contributed by atoms with E-state index >= 15 is 0 Å². The van der Waals surface area contributed by atoms with Crippen LogP contribution in [0.3, 0.4) is 0 Å². The van der Waals surface area contributed by atoms with Gasteiger partial charge in [0.1, 0.15) is 0 Å². The average molecular weight is 294 g/mol. The van der Waals surface area contributed by atoms with Crippen molar-refractivity contribution in [2.24, 2.45) is 69.5 Å². The van der Waals surface area contributed by atoms with Crippen LogP contribution in [0, 0.1) is 69.5 Å². The van der Waals surface area contributed by atoms with Crippen molar-refractivity contribution in [3.05, 3.63) is 0 Å². The topological polar surface area (TPSA) is 0 Å². The maximum absolute atomic E-state index is 2.79. The molecule has 0 N–H and O–H groups in total. The van der Waals surface area contributed by atoms with Crippen LogP contribution in [-0.2, 0) is 0 Å². The molecule has 0 nitrogen and oxygen atoms in total. The van der Waals surface area contributed by atoms with Crippen molar-refractivity contribution < 1.29 is 0 Å². The highest BCUT2D eigenvalue weighted by atomic mass is 15.0. The van der Waals surface area contributed by atoms with Crippen LogP contribution in [0.15, 0.2) is 0 Å². The largest absolute Gasteiger partial charge is 0.0591 e. The molecule has 0 amide bonds. The van der Waals surface area contributed by atoms with Gasteiger partial charge in [0, 0.05) is 0 Å². The van der Waals surface area contributed by atoms with Gasteiger partial charge in [-0.3, -0.25) is 0 Å². The molecule has 0 heteroatoms. The lowest BCUT2D eigenvalue weighted by molar-refractivity contribution is -0.372. The smallest absolute Gasteiger partial charge is 0.0193 e. The van der Waals surface area contributed by atoms with E-state index in [1.165, 1.54) is 35.5 Å². The molecule has 0 aliphatic heterocycles. The highest BCUT2D eigenvalue weighted by molar-refractivity contribution is 5.39. The van der Waals surface area contributed by atoms with Gasteiger partial charge in [0.05, 0.1) is 0 Å². The van der Waals surface area contributed by atoms with Crippen LogP contribution in [0.4, 0.5) is 0 Å². The number of rotatable bonds is 0. The summed E-state index contributed by atoms with van der Waals surface area (Å²) in [4.78, 5) is 0. The standard InChI is InChI=1S/C22H30/c1-20-3-2-11-6-12(20)8-15-14(7-11)17-18(15)22-5-4-21(19(17)22)10-13(20)9-16(21)22/h11-19H,2-10H2,1H3. The lowest BCUT2D eigenvalue weighted by Crippen LogP contribution is -2.80. The summed E-state index contributed by atoms with van der Waals surface area (Å²) >= 11 is 0. The molecule has 9 rings (SSSR count). The molecule has 9 fully saturated rings. The minimum atomic E-state index is 0.765. The van der Waals surface area contributed by atoms with Crippen LogP contribution in [0.5, 0.6) is 0 Å². The second kappa shape index (κ2) is 2.88. The van der Waals surface area contributed by atoms with Crippen molar-refractivity contribution in [3.8, 4) is 0 Å². The number of hydrogen-bond donors (Lipinski definition) is 0. The summed E-state index contributed by atoms with van der Waals surface area (Å²) in [5.41, 5.74) is 2.64. The lowest BCUT2D eigenvalue weighted by atomic mass is 9.20. The van der Waals surface area contributed by atoms with E-state index in [2.05, 4.69) is 6.92 Å². The third kappa shape index (κ3) is 0.783. The summed E-state index contributed by atoms with van der Waals surface area (Å²) in [6.45, 7) is 2.79. The van der Waals surface area contributed by atoms with Gasteiger partial charge in [-0.05, 0) is 127 Å². The minimum absolute atomic E-state index is 0.765. The van der Waals surface area contributed by atoms with Crippen molar-refractivity contribution in [3.63, 3.8) is 0 Å². The Balaban J connectivity index is 1.41. The monoisotopic (exact) mass is 294 g/mol. The second-order valence-electron chi connectivity index (χ2n) is 11.8. The van der Waals surface area contributed by atoms with Crippen LogP contribution in [0.1, 0.15) is 64.7 Å². The molecule has 2 spiro atoms. The number of hydrogen-bond acceptors (Lipinski definition) is 0. The Morgan fingerprint density at radius 3 is 2.77 bits per heavy atom. The van der Waals surface area contributed by atoms with Gasteiger partial charge in [-0.2, -0.15) is 0 Å². The number of fused-ring (bicyclic) bond motifs is 5. The summed E-state index contributed by atoms with van der Waals surface area (Å²) in [6, 6.07) is 0. The molecule has 12 unspecified atom stereocenters. The summed E-state index contributed by atoms with van der Waals surface area (Å²) in [5, 5.41) is 0. The Morgan fingerprint density at radius 2 is 1.82 bits per heavy atom. The third-order valence-electron chi connectivity index (χ3n) is 12.4.